The Labute approximate surface area is 152 Å². The van der Waals surface area contributed by atoms with Crippen LogP contribution in [0.3, 0.4) is 0 Å². The number of carbonyl (C=O) groups excluding carboxylic acids is 1. The molecule has 25 heavy (non-hydrogen) atoms. The van der Waals surface area contributed by atoms with Crippen molar-refractivity contribution in [2.24, 2.45) is 0 Å². The minimum absolute atomic E-state index is 0.183. The van der Waals surface area contributed by atoms with Crippen LogP contribution in [0.5, 0.6) is 5.75 Å². The van der Waals surface area contributed by atoms with Gasteiger partial charge in [-0.1, -0.05) is 12.1 Å². The molecule has 0 saturated heterocycles. The number of para-hydroxylation sites is 1. The molecule has 0 spiro atoms. The number of benzene rings is 2. The molecule has 1 N–H and O–H groups in total. The second kappa shape index (κ2) is 7.06. The molecule has 0 fully saturated rings. The normalized spacial score (nSPS) is 10.7. The lowest BCUT2D eigenvalue weighted by atomic mass is 10.2. The zero-order valence-electron chi connectivity index (χ0n) is 13.7. The summed E-state index contributed by atoms with van der Waals surface area (Å²) in [6, 6.07) is 12.3. The smallest absolute Gasteiger partial charge is 0.258 e. The third-order valence-electron chi connectivity index (χ3n) is 3.80. The van der Waals surface area contributed by atoms with E-state index >= 15 is 0 Å². The van der Waals surface area contributed by atoms with Gasteiger partial charge in [-0.15, -0.1) is 0 Å². The van der Waals surface area contributed by atoms with Crippen molar-refractivity contribution in [2.45, 2.75) is 6.54 Å². The van der Waals surface area contributed by atoms with Crippen molar-refractivity contribution in [1.82, 2.24) is 14.9 Å². The van der Waals surface area contributed by atoms with Crippen LogP contribution in [0.1, 0.15) is 16.2 Å². The van der Waals surface area contributed by atoms with Crippen LogP contribution in [0, 0.1) is 0 Å². The molecule has 3 rings (SSSR count). The van der Waals surface area contributed by atoms with Crippen molar-refractivity contribution in [2.75, 3.05) is 14.2 Å². The Balaban J connectivity index is 1.88. The summed E-state index contributed by atoms with van der Waals surface area (Å²) in [6.45, 7) is 0.183. The fourth-order valence-electron chi connectivity index (χ4n) is 2.51. The Morgan fingerprint density at radius 1 is 1.28 bits per heavy atom. The molecule has 0 unspecified atom stereocenters. The number of nitrogens with zero attached hydrogens (tertiary/aromatic N) is 2. The largest absolute Gasteiger partial charge is 0.497 e. The van der Waals surface area contributed by atoms with Crippen LogP contribution in [-0.2, 0) is 6.54 Å². The first-order valence-electron chi connectivity index (χ1n) is 7.56. The Bertz CT molecular complexity index is 1000. The summed E-state index contributed by atoms with van der Waals surface area (Å²) in [5, 5.41) is 0.524. The number of hydrogen-bond acceptors (Lipinski definition) is 4. The van der Waals surface area contributed by atoms with Gasteiger partial charge in [0.05, 0.1) is 30.1 Å². The van der Waals surface area contributed by atoms with Gasteiger partial charge in [0.1, 0.15) is 11.6 Å². The number of H-pyrrole nitrogens is 1. The van der Waals surface area contributed by atoms with Crippen LogP contribution in [-0.4, -0.2) is 34.9 Å². The molecule has 6 nitrogen and oxygen atoms in total. The van der Waals surface area contributed by atoms with E-state index in [1.165, 1.54) is 4.90 Å². The first-order valence-corrected chi connectivity index (χ1v) is 8.36. The number of methoxy groups -OCH3 is 1. The van der Waals surface area contributed by atoms with E-state index in [1.54, 1.807) is 50.6 Å². The van der Waals surface area contributed by atoms with Gasteiger partial charge in [-0.25, -0.2) is 4.98 Å². The maximum Gasteiger partial charge on any atom is 0.258 e. The standard InChI is InChI=1S/C18H16BrN3O3/c1-22(18(24)13-9-11(25-2)7-8-14(13)19)10-16-20-15-6-4-3-5-12(15)17(23)21-16/h3-9H,10H2,1-2H3,(H,20,21,23). The van der Waals surface area contributed by atoms with Gasteiger partial charge in [0, 0.05) is 11.5 Å². The summed E-state index contributed by atoms with van der Waals surface area (Å²) < 4.78 is 5.84. The van der Waals surface area contributed by atoms with Crippen LogP contribution in [0.15, 0.2) is 51.7 Å². The highest BCUT2D eigenvalue weighted by Gasteiger charge is 2.17. The first-order chi connectivity index (χ1) is 12.0. The average molecular weight is 402 g/mol. The lowest BCUT2D eigenvalue weighted by Crippen LogP contribution is -2.28. The molecule has 1 aromatic heterocycles. The van der Waals surface area contributed by atoms with Crippen LogP contribution in [0.4, 0.5) is 0 Å². The number of amides is 1. The summed E-state index contributed by atoms with van der Waals surface area (Å²) in [4.78, 5) is 33.5. The molecule has 0 aliphatic rings. The van der Waals surface area contributed by atoms with E-state index in [0.29, 0.717) is 32.5 Å². The average Bonchev–Trinajstić information content (AvgIpc) is 2.61. The van der Waals surface area contributed by atoms with Crippen LogP contribution < -0.4 is 10.3 Å². The zero-order valence-corrected chi connectivity index (χ0v) is 15.3. The number of carbonyl (C=O) groups is 1. The minimum Gasteiger partial charge on any atom is -0.497 e. The molecule has 0 aliphatic carbocycles. The van der Waals surface area contributed by atoms with Crippen molar-refractivity contribution in [3.8, 4) is 5.75 Å². The molecule has 0 radical (unpaired) electrons. The number of rotatable bonds is 4. The zero-order chi connectivity index (χ0) is 18.0. The molecule has 1 heterocycles. The van der Waals surface area contributed by atoms with Crippen molar-refractivity contribution < 1.29 is 9.53 Å². The topological polar surface area (TPSA) is 75.3 Å². The second-order valence-corrected chi connectivity index (χ2v) is 6.39. The Hall–Kier alpha value is -2.67. The van der Waals surface area contributed by atoms with Crippen molar-refractivity contribution in [3.05, 3.63) is 68.7 Å². The quantitative estimate of drug-likeness (QED) is 0.728. The summed E-state index contributed by atoms with van der Waals surface area (Å²) in [6.07, 6.45) is 0. The highest BCUT2D eigenvalue weighted by molar-refractivity contribution is 9.10. The number of halogens is 1. The molecule has 7 heteroatoms. The van der Waals surface area contributed by atoms with E-state index in [1.807, 2.05) is 6.07 Å². The number of nitrogens with one attached hydrogen (secondary N) is 1. The van der Waals surface area contributed by atoms with E-state index in [4.69, 9.17) is 4.74 Å². The van der Waals surface area contributed by atoms with Gasteiger partial charge in [0.15, 0.2) is 0 Å². The van der Waals surface area contributed by atoms with Crippen LogP contribution in [0.2, 0.25) is 0 Å². The Morgan fingerprint density at radius 3 is 2.80 bits per heavy atom. The summed E-state index contributed by atoms with van der Waals surface area (Å²) in [7, 11) is 3.20. The van der Waals surface area contributed by atoms with Crippen LogP contribution >= 0.6 is 15.9 Å². The first kappa shape index (κ1) is 17.2. The van der Waals surface area contributed by atoms with Gasteiger partial charge in [0.25, 0.3) is 11.5 Å². The van der Waals surface area contributed by atoms with Gasteiger partial charge in [-0.05, 0) is 46.3 Å². The number of aromatic amines is 1. The predicted molar refractivity (Wildman–Crippen MR) is 98.9 cm³/mol. The van der Waals surface area contributed by atoms with E-state index < -0.39 is 0 Å². The lowest BCUT2D eigenvalue weighted by Gasteiger charge is -2.18. The fraction of sp³-hybridized carbons (Fsp3) is 0.167. The monoisotopic (exact) mass is 401 g/mol. The van der Waals surface area contributed by atoms with E-state index in [9.17, 15) is 9.59 Å². The summed E-state index contributed by atoms with van der Waals surface area (Å²) >= 11 is 3.38. The number of fused-ring (bicyclic) bond motifs is 1. The number of aromatic nitrogens is 2. The van der Waals surface area contributed by atoms with Gasteiger partial charge in [-0.2, -0.15) is 0 Å². The highest BCUT2D eigenvalue weighted by atomic mass is 79.9. The highest BCUT2D eigenvalue weighted by Crippen LogP contribution is 2.24. The van der Waals surface area contributed by atoms with Crippen molar-refractivity contribution in [3.63, 3.8) is 0 Å². The van der Waals surface area contributed by atoms with Gasteiger partial charge >= 0.3 is 0 Å². The Kier molecular flexibility index (Phi) is 4.85. The molecule has 0 atom stereocenters. The molecule has 0 bridgehead atoms. The molecule has 0 saturated carbocycles. The molecule has 3 aromatic rings. The molecule has 0 aliphatic heterocycles. The predicted octanol–water partition coefficient (Wildman–Crippen LogP) is 2.97. The number of ether oxygens (including phenoxy) is 1. The summed E-state index contributed by atoms with van der Waals surface area (Å²) in [5.41, 5.74) is 0.860. The van der Waals surface area contributed by atoms with Crippen LogP contribution in [0.25, 0.3) is 10.9 Å². The second-order valence-electron chi connectivity index (χ2n) is 5.54. The van der Waals surface area contributed by atoms with E-state index in [-0.39, 0.29) is 18.0 Å². The molecular formula is C18H16BrN3O3. The summed E-state index contributed by atoms with van der Waals surface area (Å²) in [5.74, 6) is 0.817. The fourth-order valence-corrected chi connectivity index (χ4v) is 2.92. The van der Waals surface area contributed by atoms with E-state index in [2.05, 4.69) is 25.9 Å². The third kappa shape index (κ3) is 3.56. The third-order valence-corrected chi connectivity index (χ3v) is 4.49. The van der Waals surface area contributed by atoms with Crippen molar-refractivity contribution in [1.29, 1.82) is 0 Å². The van der Waals surface area contributed by atoms with Crippen molar-refractivity contribution >= 4 is 32.7 Å². The Morgan fingerprint density at radius 2 is 2.04 bits per heavy atom. The number of hydrogen-bond donors (Lipinski definition) is 1. The van der Waals surface area contributed by atoms with Gasteiger partial charge in [-0.3, -0.25) is 9.59 Å². The van der Waals surface area contributed by atoms with E-state index in [0.717, 1.165) is 0 Å². The van der Waals surface area contributed by atoms with Gasteiger partial charge in [0.2, 0.25) is 0 Å². The minimum atomic E-state index is -0.219. The molecular weight excluding hydrogens is 386 g/mol. The maximum absolute atomic E-state index is 12.7. The molecule has 128 valence electrons. The molecule has 1 amide bonds. The SMILES string of the molecule is COc1ccc(Br)c(C(=O)N(C)Cc2nc3ccccc3c(=O)[nH]2)c1. The molecule has 2 aromatic carbocycles. The maximum atomic E-state index is 12.7. The lowest BCUT2D eigenvalue weighted by molar-refractivity contribution is 0.0780. The van der Waals surface area contributed by atoms with Gasteiger partial charge < -0.3 is 14.6 Å².